The van der Waals surface area contributed by atoms with Gasteiger partial charge in [0.05, 0.1) is 23.9 Å². The van der Waals surface area contributed by atoms with Crippen molar-refractivity contribution >= 4 is 11.8 Å². The number of ether oxygens (including phenoxy) is 1. The number of nitrogens with zero attached hydrogens (tertiary/aromatic N) is 3. The summed E-state index contributed by atoms with van der Waals surface area (Å²) in [5, 5.41) is 6.56. The van der Waals surface area contributed by atoms with Gasteiger partial charge < -0.3 is 14.5 Å². The zero-order valence-electron chi connectivity index (χ0n) is 18.5. The summed E-state index contributed by atoms with van der Waals surface area (Å²) in [4.78, 5) is 40.8. The fraction of sp³-hybridized carbons (Fsp3) is 0.478. The highest BCUT2D eigenvalue weighted by Gasteiger charge is 2.38. The van der Waals surface area contributed by atoms with Crippen molar-refractivity contribution in [2.75, 3.05) is 26.3 Å². The molecule has 0 radical (unpaired) electrons. The fourth-order valence-electron chi connectivity index (χ4n) is 4.48. The zero-order chi connectivity index (χ0) is 23.0. The van der Waals surface area contributed by atoms with Gasteiger partial charge in [-0.3, -0.25) is 14.4 Å². The number of H-pyrrole nitrogens is 1. The van der Waals surface area contributed by atoms with Crippen molar-refractivity contribution < 1.29 is 18.7 Å². The third-order valence-electron chi connectivity index (χ3n) is 6.42. The van der Waals surface area contributed by atoms with E-state index >= 15 is 0 Å². The third kappa shape index (κ3) is 4.17. The molecule has 1 aromatic heterocycles. The minimum Gasteiger partial charge on any atom is -0.379 e. The molecule has 0 unspecified atom stereocenters. The Hall–Kier alpha value is -3.07. The summed E-state index contributed by atoms with van der Waals surface area (Å²) in [6.45, 7) is 6.82. The molecule has 0 saturated carbocycles. The van der Waals surface area contributed by atoms with Gasteiger partial charge in [-0.1, -0.05) is 6.07 Å². The summed E-state index contributed by atoms with van der Waals surface area (Å²) >= 11 is 0. The van der Waals surface area contributed by atoms with Crippen LogP contribution < -0.4 is 5.56 Å². The van der Waals surface area contributed by atoms with E-state index in [1.54, 1.807) is 17.9 Å². The summed E-state index contributed by atoms with van der Waals surface area (Å²) in [6, 6.07) is 4.22. The number of halogens is 1. The van der Waals surface area contributed by atoms with Gasteiger partial charge in [0, 0.05) is 31.2 Å². The molecule has 2 aliphatic heterocycles. The first-order valence-corrected chi connectivity index (χ1v) is 10.8. The molecule has 0 spiro atoms. The second-order valence-corrected chi connectivity index (χ2v) is 8.59. The average molecular weight is 442 g/mol. The van der Waals surface area contributed by atoms with Gasteiger partial charge in [0.1, 0.15) is 12.4 Å². The van der Waals surface area contributed by atoms with E-state index in [1.165, 1.54) is 17.0 Å². The van der Waals surface area contributed by atoms with E-state index in [0.29, 0.717) is 43.0 Å². The summed E-state index contributed by atoms with van der Waals surface area (Å²) in [5.74, 6) is -1.28. The first-order valence-electron chi connectivity index (χ1n) is 10.8. The van der Waals surface area contributed by atoms with Gasteiger partial charge in [-0.2, -0.15) is 5.10 Å². The molecule has 3 heterocycles. The monoisotopic (exact) mass is 442 g/mol. The van der Waals surface area contributed by atoms with E-state index in [1.807, 2.05) is 13.8 Å². The predicted molar refractivity (Wildman–Crippen MR) is 115 cm³/mol. The zero-order valence-corrected chi connectivity index (χ0v) is 18.5. The van der Waals surface area contributed by atoms with E-state index in [2.05, 4.69) is 10.2 Å². The smallest absolute Gasteiger partial charge is 0.267 e. The highest BCUT2D eigenvalue weighted by molar-refractivity contribution is 5.97. The second-order valence-electron chi connectivity index (χ2n) is 8.59. The van der Waals surface area contributed by atoms with Crippen LogP contribution in [0.15, 0.2) is 23.0 Å². The van der Waals surface area contributed by atoms with Crippen molar-refractivity contribution in [3.8, 4) is 0 Å². The van der Waals surface area contributed by atoms with Crippen molar-refractivity contribution in [1.82, 2.24) is 20.0 Å². The fourth-order valence-corrected chi connectivity index (χ4v) is 4.48. The molecule has 2 amide bonds. The Morgan fingerprint density at radius 3 is 2.75 bits per heavy atom. The van der Waals surface area contributed by atoms with Crippen LogP contribution in [0.5, 0.6) is 0 Å². The normalized spacial score (nSPS) is 21.3. The van der Waals surface area contributed by atoms with Gasteiger partial charge in [-0.25, -0.2) is 9.49 Å². The van der Waals surface area contributed by atoms with E-state index in [4.69, 9.17) is 4.74 Å². The number of hydrogen-bond acceptors (Lipinski definition) is 5. The molecule has 0 bridgehead atoms. The van der Waals surface area contributed by atoms with Crippen molar-refractivity contribution in [3.05, 3.63) is 62.3 Å². The highest BCUT2D eigenvalue weighted by atomic mass is 19.1. The first-order chi connectivity index (χ1) is 15.3. The lowest BCUT2D eigenvalue weighted by Crippen LogP contribution is -2.60. The van der Waals surface area contributed by atoms with Gasteiger partial charge in [-0.15, -0.1) is 0 Å². The maximum absolute atomic E-state index is 14.6. The van der Waals surface area contributed by atoms with E-state index < -0.39 is 11.7 Å². The minimum atomic E-state index is -0.632. The molecule has 32 heavy (non-hydrogen) atoms. The highest BCUT2D eigenvalue weighted by Crippen LogP contribution is 2.23. The Bertz CT molecular complexity index is 1110. The van der Waals surface area contributed by atoms with Crippen LogP contribution in [0, 0.1) is 19.7 Å². The molecule has 2 saturated heterocycles. The molecule has 4 rings (SSSR count). The lowest BCUT2D eigenvalue weighted by atomic mass is 10.0. The van der Waals surface area contributed by atoms with Crippen molar-refractivity contribution in [2.45, 2.75) is 45.7 Å². The largest absolute Gasteiger partial charge is 0.379 e. The van der Waals surface area contributed by atoms with Crippen molar-refractivity contribution in [3.63, 3.8) is 0 Å². The number of carbonyl (C=O) groups excluding carboxylic acids is 2. The number of benzene rings is 1. The average Bonchev–Trinajstić information content (AvgIpc) is 3.28. The molecule has 0 aliphatic carbocycles. The third-order valence-corrected chi connectivity index (χ3v) is 6.42. The van der Waals surface area contributed by atoms with Crippen LogP contribution >= 0.6 is 0 Å². The number of amides is 2. The summed E-state index contributed by atoms with van der Waals surface area (Å²) in [5.41, 5.74) is 2.37. The van der Waals surface area contributed by atoms with Gasteiger partial charge >= 0.3 is 0 Å². The molecular formula is C23H27FN4O4. The number of aromatic nitrogens is 2. The number of rotatable bonds is 4. The molecule has 1 N–H and O–H groups in total. The Labute approximate surface area is 185 Å². The lowest BCUT2D eigenvalue weighted by molar-refractivity contribution is -0.141. The predicted octanol–water partition coefficient (Wildman–Crippen LogP) is 1.58. The quantitative estimate of drug-likeness (QED) is 0.776. The topological polar surface area (TPSA) is 95.6 Å². The van der Waals surface area contributed by atoms with Crippen LogP contribution in [0.1, 0.15) is 46.1 Å². The van der Waals surface area contributed by atoms with E-state index in [0.717, 1.165) is 12.0 Å². The molecule has 2 aromatic rings. The van der Waals surface area contributed by atoms with Crippen LogP contribution in [0.25, 0.3) is 0 Å². The summed E-state index contributed by atoms with van der Waals surface area (Å²) in [6.07, 6.45) is 1.13. The van der Waals surface area contributed by atoms with Gasteiger partial charge in [0.15, 0.2) is 0 Å². The van der Waals surface area contributed by atoms with Crippen molar-refractivity contribution in [1.29, 1.82) is 0 Å². The van der Waals surface area contributed by atoms with Crippen LogP contribution in [0.4, 0.5) is 4.39 Å². The maximum Gasteiger partial charge on any atom is 0.267 e. The molecule has 2 fully saturated rings. The summed E-state index contributed by atoms with van der Waals surface area (Å²) in [7, 11) is 0. The Morgan fingerprint density at radius 1 is 1.28 bits per heavy atom. The van der Waals surface area contributed by atoms with Crippen LogP contribution in [0.2, 0.25) is 0 Å². The number of piperazine rings is 1. The van der Waals surface area contributed by atoms with Crippen LogP contribution in [-0.4, -0.2) is 70.2 Å². The molecular weight excluding hydrogens is 415 g/mol. The molecule has 9 heteroatoms. The Kier molecular flexibility index (Phi) is 6.10. The molecule has 2 aliphatic rings. The summed E-state index contributed by atoms with van der Waals surface area (Å²) < 4.78 is 20.0. The molecule has 8 nitrogen and oxygen atoms in total. The van der Waals surface area contributed by atoms with Crippen molar-refractivity contribution in [2.24, 2.45) is 0 Å². The van der Waals surface area contributed by atoms with Gasteiger partial charge in [0.2, 0.25) is 5.91 Å². The number of carbonyl (C=O) groups is 2. The minimum absolute atomic E-state index is 0.0336. The van der Waals surface area contributed by atoms with Crippen LogP contribution in [-0.2, 0) is 16.0 Å². The molecule has 2 atom stereocenters. The van der Waals surface area contributed by atoms with Crippen LogP contribution in [0.3, 0.4) is 0 Å². The van der Waals surface area contributed by atoms with E-state index in [9.17, 15) is 18.8 Å². The number of nitrogens with one attached hydrogen (secondary N) is 1. The molecule has 1 aromatic carbocycles. The van der Waals surface area contributed by atoms with E-state index in [-0.39, 0.29) is 35.7 Å². The van der Waals surface area contributed by atoms with Gasteiger partial charge in [0.25, 0.3) is 11.5 Å². The standard InChI is InChI=1S/C23H27FN4O4/c1-13-10-27(11-21(29)28(13)17-6-7-32-12-17)23(31)18-8-16(4-5-19(18)24)9-20-14(2)15(3)22(30)26-25-20/h4-5,8,13,17H,6-7,9-12H2,1-3H3,(H,26,30)/t13-,17-/m1/s1. The molecule has 170 valence electrons. The lowest BCUT2D eigenvalue weighted by Gasteiger charge is -2.42. The first kappa shape index (κ1) is 22.1. The second kappa shape index (κ2) is 8.82. The maximum atomic E-state index is 14.6. The Morgan fingerprint density at radius 2 is 2.06 bits per heavy atom. The number of aromatic amines is 1. The Balaban J connectivity index is 1.54. The SMILES string of the molecule is Cc1c(Cc2ccc(F)c(C(=O)N3CC(=O)N([C@@H]4CCOC4)[C@H](C)C3)c2)n[nH]c(=O)c1C. The number of hydrogen-bond donors (Lipinski definition) is 1. The van der Waals surface area contributed by atoms with Gasteiger partial charge in [-0.05, 0) is 50.5 Å².